The summed E-state index contributed by atoms with van der Waals surface area (Å²) in [5.74, 6) is 0.377. The summed E-state index contributed by atoms with van der Waals surface area (Å²) >= 11 is 5.00. The molecular weight excluding hydrogens is 214 g/mol. The quantitative estimate of drug-likeness (QED) is 0.402. The van der Waals surface area contributed by atoms with E-state index in [1.165, 1.54) is 6.08 Å². The Hall–Kier alpha value is -0.540. The van der Waals surface area contributed by atoms with E-state index in [-0.39, 0.29) is 5.97 Å². The van der Waals surface area contributed by atoms with Crippen molar-refractivity contribution in [1.82, 2.24) is 4.90 Å². The van der Waals surface area contributed by atoms with Gasteiger partial charge in [-0.05, 0) is 13.1 Å². The van der Waals surface area contributed by atoms with Crippen LogP contribution in [0.5, 0.6) is 0 Å². The molecule has 0 aliphatic carbocycles. The van der Waals surface area contributed by atoms with Gasteiger partial charge in [-0.25, -0.2) is 4.79 Å². The van der Waals surface area contributed by atoms with Gasteiger partial charge in [0.1, 0.15) is 6.61 Å². The normalized spacial score (nSPS) is 9.13. The van der Waals surface area contributed by atoms with E-state index in [0.29, 0.717) is 6.61 Å². The third kappa shape index (κ3) is 13.5. The molecule has 0 unspecified atom stereocenters. The van der Waals surface area contributed by atoms with E-state index in [4.69, 9.17) is 16.3 Å². The molecule has 0 saturated heterocycles. The molecule has 3 nitrogen and oxygen atoms in total. The van der Waals surface area contributed by atoms with Gasteiger partial charge in [-0.3, -0.25) is 0 Å². The van der Waals surface area contributed by atoms with Gasteiger partial charge < -0.3 is 9.64 Å². The van der Waals surface area contributed by atoms with Crippen LogP contribution in [0.25, 0.3) is 0 Å². The Balaban J connectivity index is 0. The van der Waals surface area contributed by atoms with Crippen molar-refractivity contribution in [2.24, 2.45) is 0 Å². The lowest BCUT2D eigenvalue weighted by molar-refractivity contribution is -0.138. The Morgan fingerprint density at radius 2 is 1.87 bits per heavy atom. The first kappa shape index (κ1) is 16.9. The van der Waals surface area contributed by atoms with E-state index >= 15 is 0 Å². The maximum atomic E-state index is 10.6. The van der Waals surface area contributed by atoms with Crippen LogP contribution >= 0.6 is 11.6 Å². The fraction of sp³-hybridized carbons (Fsp3) is 0.727. The van der Waals surface area contributed by atoms with Crippen molar-refractivity contribution >= 4 is 17.6 Å². The van der Waals surface area contributed by atoms with Crippen LogP contribution < -0.4 is 0 Å². The molecule has 90 valence electrons. The summed E-state index contributed by atoms with van der Waals surface area (Å²) in [6.07, 6.45) is 1.18. The van der Waals surface area contributed by atoms with Gasteiger partial charge >= 0.3 is 5.97 Å². The first-order chi connectivity index (χ1) is 7.15. The van der Waals surface area contributed by atoms with Crippen LogP contribution in [-0.4, -0.2) is 43.0 Å². The third-order valence-electron chi connectivity index (χ3n) is 1.71. The molecule has 0 heterocycles. The molecule has 0 radical (unpaired) electrons. The Kier molecular flexibility index (Phi) is 15.1. The zero-order chi connectivity index (χ0) is 12.1. The van der Waals surface area contributed by atoms with Crippen LogP contribution in [-0.2, 0) is 9.53 Å². The number of ether oxygens (including phenoxy) is 1. The van der Waals surface area contributed by atoms with Crippen molar-refractivity contribution in [3.05, 3.63) is 12.7 Å². The van der Waals surface area contributed by atoms with Crippen molar-refractivity contribution in [3.63, 3.8) is 0 Å². The van der Waals surface area contributed by atoms with Crippen LogP contribution in [0, 0.1) is 0 Å². The van der Waals surface area contributed by atoms with Crippen LogP contribution in [0.3, 0.4) is 0 Å². The molecule has 0 bridgehead atoms. The van der Waals surface area contributed by atoms with Gasteiger partial charge in [0.2, 0.25) is 0 Å². The molecule has 0 aliphatic rings. The van der Waals surface area contributed by atoms with Crippen molar-refractivity contribution in [2.45, 2.75) is 20.8 Å². The maximum absolute atomic E-state index is 10.6. The minimum absolute atomic E-state index is 0.345. The molecule has 0 N–H and O–H groups in total. The van der Waals surface area contributed by atoms with E-state index in [1.54, 1.807) is 0 Å². The van der Waals surface area contributed by atoms with E-state index in [1.807, 2.05) is 6.92 Å². The predicted octanol–water partition coefficient (Wildman–Crippen LogP) is 2.30. The summed E-state index contributed by atoms with van der Waals surface area (Å²) < 4.78 is 4.83. The second kappa shape index (κ2) is 13.5. The fourth-order valence-electron chi connectivity index (χ4n) is 0.874. The molecule has 0 aliphatic heterocycles. The van der Waals surface area contributed by atoms with Gasteiger partial charge in [-0.2, -0.15) is 0 Å². The number of esters is 1. The van der Waals surface area contributed by atoms with Crippen LogP contribution in [0.15, 0.2) is 12.7 Å². The summed E-state index contributed by atoms with van der Waals surface area (Å²) in [7, 11) is 0. The van der Waals surface area contributed by atoms with E-state index in [2.05, 4.69) is 25.3 Å². The second-order valence-electron chi connectivity index (χ2n) is 2.67. The molecule has 4 heteroatoms. The van der Waals surface area contributed by atoms with Crippen LogP contribution in [0.4, 0.5) is 0 Å². The van der Waals surface area contributed by atoms with E-state index in [0.717, 1.165) is 25.5 Å². The lowest BCUT2D eigenvalue weighted by atomic mass is 10.5. The predicted molar refractivity (Wildman–Crippen MR) is 65.3 cm³/mol. The maximum Gasteiger partial charge on any atom is 0.330 e. The number of alkyl halides is 1. The largest absolute Gasteiger partial charge is 0.461 e. The summed E-state index contributed by atoms with van der Waals surface area (Å²) in [5, 5.41) is 0. The molecule has 0 saturated carbocycles. The van der Waals surface area contributed by atoms with Crippen LogP contribution in [0.2, 0.25) is 0 Å². The highest BCUT2D eigenvalue weighted by Crippen LogP contribution is 1.87. The Morgan fingerprint density at radius 3 is 2.20 bits per heavy atom. The molecule has 0 rings (SSSR count). The molecule has 0 aromatic carbocycles. The van der Waals surface area contributed by atoms with Crippen LogP contribution in [0.1, 0.15) is 20.8 Å². The number of carbonyl (C=O) groups is 1. The Labute approximate surface area is 98.0 Å². The lowest BCUT2D eigenvalue weighted by Gasteiger charge is -2.16. The lowest BCUT2D eigenvalue weighted by Crippen LogP contribution is -2.27. The summed E-state index contributed by atoms with van der Waals surface area (Å²) in [4.78, 5) is 12.8. The third-order valence-corrected chi connectivity index (χ3v) is 1.71. The van der Waals surface area contributed by atoms with Crippen molar-refractivity contribution in [3.8, 4) is 0 Å². The fourth-order valence-corrected chi connectivity index (χ4v) is 0.874. The minimum Gasteiger partial charge on any atom is -0.461 e. The first-order valence-corrected chi connectivity index (χ1v) is 5.77. The summed E-state index contributed by atoms with van der Waals surface area (Å²) in [5.41, 5.74) is 0. The molecule has 0 aromatic rings. The average molecular weight is 236 g/mol. The Bertz CT molecular complexity index is 159. The molecule has 0 aromatic heterocycles. The zero-order valence-corrected chi connectivity index (χ0v) is 10.7. The monoisotopic (exact) mass is 235 g/mol. The van der Waals surface area contributed by atoms with Crippen molar-refractivity contribution in [2.75, 3.05) is 32.1 Å². The highest BCUT2D eigenvalue weighted by Gasteiger charge is 1.99. The minimum atomic E-state index is -0.345. The highest BCUT2D eigenvalue weighted by atomic mass is 35.5. The Morgan fingerprint density at radius 1 is 1.40 bits per heavy atom. The SMILES string of the molecule is C=CC(=O)OCCN(CC)CC.CCCl. The summed E-state index contributed by atoms with van der Waals surface area (Å²) in [6, 6.07) is 0. The van der Waals surface area contributed by atoms with Gasteiger partial charge in [0, 0.05) is 18.5 Å². The molecule has 0 fully saturated rings. The number of hydrogen-bond donors (Lipinski definition) is 0. The average Bonchev–Trinajstić information content (AvgIpc) is 2.25. The van der Waals surface area contributed by atoms with Gasteiger partial charge in [-0.15, -0.1) is 11.6 Å². The number of nitrogens with zero attached hydrogens (tertiary/aromatic N) is 1. The first-order valence-electron chi connectivity index (χ1n) is 5.23. The molecule has 15 heavy (non-hydrogen) atoms. The number of likely N-dealkylation sites (N-methyl/N-ethyl adjacent to an activating group) is 1. The van der Waals surface area contributed by atoms with E-state index in [9.17, 15) is 4.79 Å². The van der Waals surface area contributed by atoms with Gasteiger partial charge in [0.05, 0.1) is 0 Å². The molecule has 0 spiro atoms. The topological polar surface area (TPSA) is 29.5 Å². The smallest absolute Gasteiger partial charge is 0.330 e. The van der Waals surface area contributed by atoms with E-state index < -0.39 is 0 Å². The number of rotatable bonds is 6. The van der Waals surface area contributed by atoms with Gasteiger partial charge in [0.25, 0.3) is 0 Å². The van der Waals surface area contributed by atoms with Gasteiger partial charge in [0.15, 0.2) is 0 Å². The number of hydrogen-bond acceptors (Lipinski definition) is 3. The summed E-state index contributed by atoms with van der Waals surface area (Å²) in [6.45, 7) is 12.6. The number of carbonyl (C=O) groups excluding carboxylic acids is 1. The molecular formula is C11H22ClNO2. The van der Waals surface area contributed by atoms with Crippen molar-refractivity contribution < 1.29 is 9.53 Å². The van der Waals surface area contributed by atoms with Gasteiger partial charge in [-0.1, -0.05) is 27.4 Å². The van der Waals surface area contributed by atoms with Crippen molar-refractivity contribution in [1.29, 1.82) is 0 Å². The number of halogens is 1. The molecule has 0 amide bonds. The zero-order valence-electron chi connectivity index (χ0n) is 9.96. The second-order valence-corrected chi connectivity index (χ2v) is 3.20. The standard InChI is InChI=1S/C9H17NO2.C2H5Cl/c1-4-9(11)12-8-7-10(5-2)6-3;1-2-3/h4H,1,5-8H2,2-3H3;2H2,1H3. The molecule has 0 atom stereocenters. The highest BCUT2D eigenvalue weighted by molar-refractivity contribution is 6.17.